The van der Waals surface area contributed by atoms with Gasteiger partial charge >= 0.3 is 5.97 Å². The van der Waals surface area contributed by atoms with Crippen LogP contribution in [-0.2, 0) is 9.53 Å². The number of benzene rings is 1. The molecule has 1 aromatic rings. The molecular weight excluding hydrogens is 265 g/mol. The highest BCUT2D eigenvalue weighted by molar-refractivity contribution is 6.35. The van der Waals surface area contributed by atoms with Crippen molar-refractivity contribution < 1.29 is 14.3 Å². The second-order valence-electron chi connectivity index (χ2n) is 3.40. The topological polar surface area (TPSA) is 46.6 Å². The standard InChI is InChI=1S/C11H11Cl2NO3/c1-14(6-10(15)17-2)11(16)7-3-8(12)5-9(13)4-7/h3-5H,6H2,1-2H3. The average molecular weight is 276 g/mol. The van der Waals surface area contributed by atoms with Crippen LogP contribution in [0.25, 0.3) is 0 Å². The molecule has 1 amide bonds. The van der Waals surface area contributed by atoms with Gasteiger partial charge in [0.15, 0.2) is 0 Å². The van der Waals surface area contributed by atoms with Crippen molar-refractivity contribution in [1.29, 1.82) is 0 Å². The number of amides is 1. The molecule has 0 spiro atoms. The Labute approximate surface area is 109 Å². The van der Waals surface area contributed by atoms with Crippen molar-refractivity contribution in [2.75, 3.05) is 20.7 Å². The third-order valence-corrected chi connectivity index (χ3v) is 2.49. The first kappa shape index (κ1) is 13.8. The Morgan fingerprint density at radius 3 is 2.24 bits per heavy atom. The minimum Gasteiger partial charge on any atom is -0.468 e. The van der Waals surface area contributed by atoms with Gasteiger partial charge in [-0.15, -0.1) is 0 Å². The van der Waals surface area contributed by atoms with Gasteiger partial charge in [0.25, 0.3) is 5.91 Å². The first-order chi connectivity index (χ1) is 7.93. The van der Waals surface area contributed by atoms with E-state index in [1.807, 2.05) is 0 Å². The van der Waals surface area contributed by atoms with E-state index in [1.54, 1.807) is 0 Å². The lowest BCUT2D eigenvalue weighted by Gasteiger charge is -2.15. The third kappa shape index (κ3) is 3.91. The molecule has 0 aliphatic rings. The first-order valence-corrected chi connectivity index (χ1v) is 5.48. The highest BCUT2D eigenvalue weighted by Gasteiger charge is 2.16. The molecule has 0 N–H and O–H groups in total. The molecule has 1 rings (SSSR count). The van der Waals surface area contributed by atoms with Crippen molar-refractivity contribution in [1.82, 2.24) is 4.90 Å². The van der Waals surface area contributed by atoms with Crippen LogP contribution in [-0.4, -0.2) is 37.5 Å². The van der Waals surface area contributed by atoms with Crippen molar-refractivity contribution in [3.05, 3.63) is 33.8 Å². The van der Waals surface area contributed by atoms with Crippen molar-refractivity contribution in [3.63, 3.8) is 0 Å². The van der Waals surface area contributed by atoms with E-state index in [1.165, 1.54) is 37.3 Å². The molecule has 17 heavy (non-hydrogen) atoms. The van der Waals surface area contributed by atoms with Gasteiger partial charge in [-0.3, -0.25) is 9.59 Å². The fourth-order valence-corrected chi connectivity index (χ4v) is 1.75. The minimum atomic E-state index is -0.492. The van der Waals surface area contributed by atoms with Crippen LogP contribution in [0.4, 0.5) is 0 Å². The number of ether oxygens (including phenoxy) is 1. The summed E-state index contributed by atoms with van der Waals surface area (Å²) in [7, 11) is 2.75. The Kier molecular flexibility index (Phi) is 4.78. The van der Waals surface area contributed by atoms with Crippen molar-refractivity contribution in [2.45, 2.75) is 0 Å². The maximum absolute atomic E-state index is 11.9. The highest BCUT2D eigenvalue weighted by atomic mass is 35.5. The summed E-state index contributed by atoms with van der Waals surface area (Å²) in [4.78, 5) is 24.2. The van der Waals surface area contributed by atoms with Crippen LogP contribution in [0.5, 0.6) is 0 Å². The van der Waals surface area contributed by atoms with Gasteiger partial charge in [-0.1, -0.05) is 23.2 Å². The summed E-state index contributed by atoms with van der Waals surface area (Å²) in [6, 6.07) is 4.51. The molecule has 0 saturated heterocycles. The molecule has 0 heterocycles. The number of esters is 1. The Hall–Kier alpha value is -1.26. The number of likely N-dealkylation sites (N-methyl/N-ethyl adjacent to an activating group) is 1. The summed E-state index contributed by atoms with van der Waals surface area (Å²) in [5, 5.41) is 0.736. The molecule has 0 aliphatic carbocycles. The predicted octanol–water partition coefficient (Wildman–Crippen LogP) is 2.24. The van der Waals surface area contributed by atoms with Gasteiger partial charge in [0.05, 0.1) is 7.11 Å². The Balaban J connectivity index is 2.85. The van der Waals surface area contributed by atoms with Crippen LogP contribution >= 0.6 is 23.2 Å². The smallest absolute Gasteiger partial charge is 0.325 e. The lowest BCUT2D eigenvalue weighted by Crippen LogP contribution is -2.32. The van der Waals surface area contributed by atoms with E-state index < -0.39 is 5.97 Å². The molecular formula is C11H11Cl2NO3. The summed E-state index contributed by atoms with van der Waals surface area (Å²) >= 11 is 11.6. The van der Waals surface area contributed by atoms with Gasteiger partial charge in [-0.05, 0) is 18.2 Å². The van der Waals surface area contributed by atoms with E-state index in [-0.39, 0.29) is 12.5 Å². The van der Waals surface area contributed by atoms with Gasteiger partial charge in [-0.2, -0.15) is 0 Å². The van der Waals surface area contributed by atoms with Gasteiger partial charge < -0.3 is 9.64 Å². The minimum absolute atomic E-state index is 0.126. The molecule has 0 aliphatic heterocycles. The molecule has 0 fully saturated rings. The molecule has 4 nitrogen and oxygen atoms in total. The Bertz CT molecular complexity index is 428. The predicted molar refractivity (Wildman–Crippen MR) is 65.4 cm³/mol. The van der Waals surface area contributed by atoms with Crippen LogP contribution < -0.4 is 0 Å². The maximum Gasteiger partial charge on any atom is 0.325 e. The molecule has 0 radical (unpaired) electrons. The first-order valence-electron chi connectivity index (χ1n) is 4.72. The molecule has 1 aromatic carbocycles. The SMILES string of the molecule is COC(=O)CN(C)C(=O)c1cc(Cl)cc(Cl)c1. The molecule has 0 saturated carbocycles. The van der Waals surface area contributed by atoms with Gasteiger partial charge in [-0.25, -0.2) is 0 Å². The fourth-order valence-electron chi connectivity index (χ4n) is 1.23. The zero-order valence-electron chi connectivity index (χ0n) is 9.37. The lowest BCUT2D eigenvalue weighted by atomic mass is 10.2. The van der Waals surface area contributed by atoms with Gasteiger partial charge in [0.2, 0.25) is 0 Å². The second-order valence-corrected chi connectivity index (χ2v) is 4.27. The summed E-state index contributed by atoms with van der Waals surface area (Å²) in [6.07, 6.45) is 0. The van der Waals surface area contributed by atoms with Crippen LogP contribution in [0.3, 0.4) is 0 Å². The lowest BCUT2D eigenvalue weighted by molar-refractivity contribution is -0.141. The number of rotatable bonds is 3. The molecule has 6 heteroatoms. The summed E-state index contributed by atoms with van der Waals surface area (Å²) < 4.78 is 4.47. The zero-order valence-corrected chi connectivity index (χ0v) is 10.9. The molecule has 0 bridgehead atoms. The van der Waals surface area contributed by atoms with E-state index >= 15 is 0 Å². The highest BCUT2D eigenvalue weighted by Crippen LogP contribution is 2.19. The number of carbonyl (C=O) groups excluding carboxylic acids is 2. The fraction of sp³-hybridized carbons (Fsp3) is 0.273. The van der Waals surface area contributed by atoms with E-state index in [2.05, 4.69) is 4.74 Å². The molecule has 92 valence electrons. The molecule has 0 atom stereocenters. The quantitative estimate of drug-likeness (QED) is 0.795. The number of halogens is 2. The number of carbonyl (C=O) groups is 2. The van der Waals surface area contributed by atoms with Crippen LogP contribution in [0.2, 0.25) is 10.0 Å². The van der Waals surface area contributed by atoms with Crippen LogP contribution in [0.1, 0.15) is 10.4 Å². The van der Waals surface area contributed by atoms with E-state index in [9.17, 15) is 9.59 Å². The molecule has 0 aromatic heterocycles. The maximum atomic E-state index is 11.9. The van der Waals surface area contributed by atoms with Gasteiger partial charge in [0.1, 0.15) is 6.54 Å². The van der Waals surface area contributed by atoms with Crippen LogP contribution in [0.15, 0.2) is 18.2 Å². The zero-order chi connectivity index (χ0) is 13.0. The van der Waals surface area contributed by atoms with E-state index in [0.717, 1.165) is 0 Å². The van der Waals surface area contributed by atoms with Crippen molar-refractivity contribution in [2.24, 2.45) is 0 Å². The van der Waals surface area contributed by atoms with Crippen molar-refractivity contribution >= 4 is 35.1 Å². The Morgan fingerprint density at radius 2 is 1.76 bits per heavy atom. The number of hydrogen-bond acceptors (Lipinski definition) is 3. The van der Waals surface area contributed by atoms with E-state index in [4.69, 9.17) is 23.2 Å². The summed E-state index contributed by atoms with van der Waals surface area (Å²) in [5.41, 5.74) is 0.328. The Morgan fingerprint density at radius 1 is 1.24 bits per heavy atom. The third-order valence-electron chi connectivity index (χ3n) is 2.05. The van der Waals surface area contributed by atoms with Crippen LogP contribution in [0, 0.1) is 0 Å². The number of methoxy groups -OCH3 is 1. The second kappa shape index (κ2) is 5.89. The van der Waals surface area contributed by atoms with E-state index in [0.29, 0.717) is 15.6 Å². The normalized spacial score (nSPS) is 9.88. The number of nitrogens with zero attached hydrogens (tertiary/aromatic N) is 1. The molecule has 0 unspecified atom stereocenters. The summed E-state index contributed by atoms with van der Waals surface area (Å²) in [5.74, 6) is -0.839. The number of hydrogen-bond donors (Lipinski definition) is 0. The largest absolute Gasteiger partial charge is 0.468 e. The average Bonchev–Trinajstić information content (AvgIpc) is 2.26. The summed E-state index contributed by atoms with van der Waals surface area (Å²) in [6.45, 7) is -0.126. The monoisotopic (exact) mass is 275 g/mol. The van der Waals surface area contributed by atoms with Gasteiger partial charge in [0, 0.05) is 22.7 Å². The van der Waals surface area contributed by atoms with Crippen molar-refractivity contribution in [3.8, 4) is 0 Å².